The number of nitrogens with zero attached hydrogens (tertiary/aromatic N) is 6. The number of benzene rings is 1. The van der Waals surface area contributed by atoms with E-state index in [1.165, 1.54) is 12.8 Å². The van der Waals surface area contributed by atoms with Crippen LogP contribution in [-0.4, -0.2) is 35.2 Å². The lowest BCUT2D eigenvalue weighted by Gasteiger charge is -2.09. The van der Waals surface area contributed by atoms with Gasteiger partial charge in [0.1, 0.15) is 12.0 Å². The molecule has 6 rings (SSSR count). The van der Waals surface area contributed by atoms with Gasteiger partial charge in [-0.15, -0.1) is 10.2 Å². The fourth-order valence-electron chi connectivity index (χ4n) is 3.77. The number of aromatic nitrogens is 6. The first-order chi connectivity index (χ1) is 15.2. The monoisotopic (exact) mass is 411 g/mol. The highest BCUT2D eigenvalue weighted by Crippen LogP contribution is 2.39. The Morgan fingerprint density at radius 1 is 1.03 bits per heavy atom. The highest BCUT2D eigenvalue weighted by Gasteiger charge is 2.27. The molecule has 31 heavy (non-hydrogen) atoms. The lowest BCUT2D eigenvalue weighted by Crippen LogP contribution is -2.14. The zero-order chi connectivity index (χ0) is 20.8. The second kappa shape index (κ2) is 7.16. The minimum atomic E-state index is -0.259. The average molecular weight is 411 g/mol. The van der Waals surface area contributed by atoms with E-state index in [2.05, 4.69) is 30.0 Å². The van der Waals surface area contributed by atoms with Gasteiger partial charge in [-0.25, -0.2) is 4.98 Å². The molecule has 0 aliphatic heterocycles. The van der Waals surface area contributed by atoms with E-state index < -0.39 is 0 Å². The van der Waals surface area contributed by atoms with Crippen LogP contribution in [0.5, 0.6) is 0 Å². The lowest BCUT2D eigenvalue weighted by atomic mass is 10.2. The fourth-order valence-corrected chi connectivity index (χ4v) is 3.77. The topological polar surface area (TPSA) is 90.5 Å². The Labute approximate surface area is 179 Å². The highest BCUT2D eigenvalue weighted by molar-refractivity contribution is 6.03. The molecule has 1 amide bonds. The minimum Gasteiger partial charge on any atom is -0.321 e. The van der Waals surface area contributed by atoms with Crippen LogP contribution in [0.3, 0.4) is 0 Å². The summed E-state index contributed by atoms with van der Waals surface area (Å²) in [4.78, 5) is 21.6. The van der Waals surface area contributed by atoms with Gasteiger partial charge in [0.05, 0.1) is 17.7 Å². The molecule has 2 saturated carbocycles. The Balaban J connectivity index is 1.22. The highest BCUT2D eigenvalue weighted by atomic mass is 16.1. The Morgan fingerprint density at radius 3 is 2.77 bits per heavy atom. The third-order valence-electron chi connectivity index (χ3n) is 5.76. The Morgan fingerprint density at radius 2 is 1.94 bits per heavy atom. The van der Waals surface area contributed by atoms with E-state index in [1.54, 1.807) is 24.9 Å². The van der Waals surface area contributed by atoms with Crippen molar-refractivity contribution in [3.8, 4) is 17.1 Å². The molecule has 0 unspecified atom stereocenters. The molecule has 2 fully saturated rings. The first kappa shape index (κ1) is 18.0. The summed E-state index contributed by atoms with van der Waals surface area (Å²) in [5.74, 6) is 1.15. The van der Waals surface area contributed by atoms with Crippen molar-refractivity contribution in [3.05, 3.63) is 72.8 Å². The molecular formula is C23H21N7O. The summed E-state index contributed by atoms with van der Waals surface area (Å²) >= 11 is 0. The van der Waals surface area contributed by atoms with Crippen LogP contribution < -0.4 is 5.32 Å². The van der Waals surface area contributed by atoms with Crippen LogP contribution in [0.4, 0.5) is 5.69 Å². The van der Waals surface area contributed by atoms with Crippen molar-refractivity contribution in [2.24, 2.45) is 0 Å². The summed E-state index contributed by atoms with van der Waals surface area (Å²) in [5.41, 5.74) is 3.95. The molecule has 1 N–H and O–H groups in total. The van der Waals surface area contributed by atoms with Crippen molar-refractivity contribution in [1.29, 1.82) is 0 Å². The summed E-state index contributed by atoms with van der Waals surface area (Å²) in [6.45, 7) is 0. The van der Waals surface area contributed by atoms with Gasteiger partial charge in [-0.2, -0.15) is 0 Å². The number of anilines is 1. The largest absolute Gasteiger partial charge is 0.321 e. The molecule has 8 nitrogen and oxygen atoms in total. The number of carbonyl (C=O) groups is 1. The zero-order valence-corrected chi connectivity index (χ0v) is 16.8. The van der Waals surface area contributed by atoms with Gasteiger partial charge < -0.3 is 14.5 Å². The SMILES string of the molecule is O=C(Nc1cccc(-c2nncn2C2CC2)c1)c1cc(-n2cnc(C3CC3)c2)ccn1. The fraction of sp³-hybridized carbons (Fsp3) is 0.261. The zero-order valence-electron chi connectivity index (χ0n) is 16.8. The van der Waals surface area contributed by atoms with Crippen LogP contribution in [0.1, 0.15) is 53.8 Å². The smallest absolute Gasteiger partial charge is 0.274 e. The number of carbonyl (C=O) groups excluding carboxylic acids is 1. The van der Waals surface area contributed by atoms with E-state index in [0.717, 1.165) is 35.6 Å². The maximum atomic E-state index is 12.9. The molecular weight excluding hydrogens is 390 g/mol. The second-order valence-corrected chi connectivity index (χ2v) is 8.21. The van der Waals surface area contributed by atoms with Gasteiger partial charge in [0.15, 0.2) is 5.82 Å². The Hall–Kier alpha value is -3.81. The molecule has 4 aromatic rings. The molecule has 0 bridgehead atoms. The summed E-state index contributed by atoms with van der Waals surface area (Å²) in [5, 5.41) is 11.3. The van der Waals surface area contributed by atoms with E-state index in [-0.39, 0.29) is 5.91 Å². The number of rotatable bonds is 6. The number of amides is 1. The van der Waals surface area contributed by atoms with Crippen LogP contribution in [0, 0.1) is 0 Å². The van der Waals surface area contributed by atoms with E-state index in [4.69, 9.17) is 0 Å². The predicted octanol–water partition coefficient (Wildman–Crippen LogP) is 3.99. The van der Waals surface area contributed by atoms with Crippen molar-refractivity contribution in [3.63, 3.8) is 0 Å². The Kier molecular flexibility index (Phi) is 4.15. The van der Waals surface area contributed by atoms with Crippen molar-refractivity contribution >= 4 is 11.6 Å². The normalized spacial score (nSPS) is 15.7. The maximum absolute atomic E-state index is 12.9. The molecule has 8 heteroatoms. The number of pyridine rings is 1. The maximum Gasteiger partial charge on any atom is 0.274 e. The molecule has 0 saturated heterocycles. The van der Waals surface area contributed by atoms with Crippen LogP contribution in [0.25, 0.3) is 17.1 Å². The van der Waals surface area contributed by atoms with Gasteiger partial charge in [-0.3, -0.25) is 9.78 Å². The van der Waals surface area contributed by atoms with Gasteiger partial charge in [-0.05, 0) is 49.9 Å². The number of imidazole rings is 1. The van der Waals surface area contributed by atoms with E-state index in [0.29, 0.717) is 23.3 Å². The Bertz CT molecular complexity index is 1270. The summed E-state index contributed by atoms with van der Waals surface area (Å²) in [6.07, 6.45) is 12.0. The predicted molar refractivity (Wildman–Crippen MR) is 115 cm³/mol. The molecule has 0 radical (unpaired) electrons. The van der Waals surface area contributed by atoms with Gasteiger partial charge in [0.2, 0.25) is 0 Å². The second-order valence-electron chi connectivity index (χ2n) is 8.21. The number of hydrogen-bond acceptors (Lipinski definition) is 5. The van der Waals surface area contributed by atoms with Crippen LogP contribution >= 0.6 is 0 Å². The van der Waals surface area contributed by atoms with Crippen LogP contribution in [0.15, 0.2) is 61.4 Å². The molecule has 0 spiro atoms. The third-order valence-corrected chi connectivity index (χ3v) is 5.76. The van der Waals surface area contributed by atoms with Gasteiger partial charge >= 0.3 is 0 Å². The quantitative estimate of drug-likeness (QED) is 0.518. The first-order valence-electron chi connectivity index (χ1n) is 10.6. The molecule has 154 valence electrons. The van der Waals surface area contributed by atoms with Crippen molar-refractivity contribution < 1.29 is 4.79 Å². The van der Waals surface area contributed by atoms with E-state index >= 15 is 0 Å². The minimum absolute atomic E-state index is 0.259. The van der Waals surface area contributed by atoms with Crippen molar-refractivity contribution in [2.45, 2.75) is 37.6 Å². The van der Waals surface area contributed by atoms with E-state index in [9.17, 15) is 4.79 Å². The van der Waals surface area contributed by atoms with Gasteiger partial charge in [0.25, 0.3) is 5.91 Å². The van der Waals surface area contributed by atoms with Gasteiger partial charge in [0, 0.05) is 35.6 Å². The summed E-state index contributed by atoms with van der Waals surface area (Å²) in [7, 11) is 0. The molecule has 3 heterocycles. The molecule has 0 atom stereocenters. The molecule has 2 aliphatic carbocycles. The summed E-state index contributed by atoms with van der Waals surface area (Å²) < 4.78 is 4.05. The van der Waals surface area contributed by atoms with Crippen molar-refractivity contribution in [2.75, 3.05) is 5.32 Å². The average Bonchev–Trinajstić information content (AvgIpc) is 3.73. The molecule has 3 aromatic heterocycles. The lowest BCUT2D eigenvalue weighted by molar-refractivity contribution is 0.102. The molecule has 2 aliphatic rings. The standard InChI is InChI=1S/C23H21N7O/c31-23(20-11-19(8-9-24-20)29-12-21(25-13-29)15-4-5-15)27-17-3-1-2-16(10-17)22-28-26-14-30(22)18-6-7-18/h1-3,8-15,18H,4-7H2,(H,27,31). The first-order valence-corrected chi connectivity index (χ1v) is 10.6. The van der Waals surface area contributed by atoms with Gasteiger partial charge in [-0.1, -0.05) is 12.1 Å². The summed E-state index contributed by atoms with van der Waals surface area (Å²) in [6, 6.07) is 11.8. The number of nitrogens with one attached hydrogen (secondary N) is 1. The van der Waals surface area contributed by atoms with Crippen molar-refractivity contribution in [1.82, 2.24) is 29.3 Å². The number of hydrogen-bond donors (Lipinski definition) is 1. The third kappa shape index (κ3) is 3.61. The molecule has 1 aromatic carbocycles. The van der Waals surface area contributed by atoms with Crippen LogP contribution in [-0.2, 0) is 0 Å². The van der Waals surface area contributed by atoms with Crippen LogP contribution in [0.2, 0.25) is 0 Å². The van der Waals surface area contributed by atoms with E-state index in [1.807, 2.05) is 41.1 Å².